The summed E-state index contributed by atoms with van der Waals surface area (Å²) in [5.41, 5.74) is 8.18. The minimum absolute atomic E-state index is 0.103. The van der Waals surface area contributed by atoms with Gasteiger partial charge in [0.1, 0.15) is 5.75 Å². The van der Waals surface area contributed by atoms with Gasteiger partial charge in [0.2, 0.25) is 0 Å². The minimum atomic E-state index is -0.103. The molecular formula is C13H21NO2. The van der Waals surface area contributed by atoms with E-state index in [1.807, 2.05) is 12.1 Å². The third-order valence-electron chi connectivity index (χ3n) is 2.74. The Balaban J connectivity index is 3.01. The summed E-state index contributed by atoms with van der Waals surface area (Å²) in [4.78, 5) is 0. The van der Waals surface area contributed by atoms with Gasteiger partial charge in [-0.05, 0) is 29.5 Å². The van der Waals surface area contributed by atoms with E-state index in [2.05, 4.69) is 19.9 Å². The van der Waals surface area contributed by atoms with Gasteiger partial charge in [0.15, 0.2) is 0 Å². The van der Waals surface area contributed by atoms with E-state index in [0.717, 1.165) is 16.9 Å². The molecule has 0 amide bonds. The van der Waals surface area contributed by atoms with Gasteiger partial charge >= 0.3 is 0 Å². The molecule has 1 atom stereocenters. The first-order valence-electron chi connectivity index (χ1n) is 5.64. The van der Waals surface area contributed by atoms with Crippen molar-refractivity contribution >= 4 is 0 Å². The largest absolute Gasteiger partial charge is 0.496 e. The predicted octanol–water partition coefficient (Wildman–Crippen LogP) is 2.20. The van der Waals surface area contributed by atoms with Crippen LogP contribution in [0.2, 0.25) is 0 Å². The highest BCUT2D eigenvalue weighted by Gasteiger charge is 2.11. The molecule has 16 heavy (non-hydrogen) atoms. The molecule has 0 heterocycles. The van der Waals surface area contributed by atoms with Gasteiger partial charge in [0, 0.05) is 12.6 Å². The molecule has 90 valence electrons. The molecule has 3 N–H and O–H groups in total. The molecule has 3 heteroatoms. The lowest BCUT2D eigenvalue weighted by Gasteiger charge is -2.16. The van der Waals surface area contributed by atoms with Crippen molar-refractivity contribution in [2.75, 3.05) is 13.7 Å². The maximum Gasteiger partial charge on any atom is 0.122 e. The van der Waals surface area contributed by atoms with Crippen LogP contribution in [-0.2, 0) is 0 Å². The fraction of sp³-hybridized carbons (Fsp3) is 0.538. The Labute approximate surface area is 97.2 Å². The van der Waals surface area contributed by atoms with E-state index in [4.69, 9.17) is 15.6 Å². The number of methoxy groups -OCH3 is 1. The first-order valence-corrected chi connectivity index (χ1v) is 5.64. The van der Waals surface area contributed by atoms with E-state index in [1.165, 1.54) is 0 Å². The van der Waals surface area contributed by atoms with Crippen LogP contribution in [0.25, 0.3) is 0 Å². The van der Waals surface area contributed by atoms with Gasteiger partial charge < -0.3 is 15.6 Å². The Morgan fingerprint density at radius 2 is 2.06 bits per heavy atom. The predicted molar refractivity (Wildman–Crippen MR) is 65.7 cm³/mol. The molecule has 0 saturated carbocycles. The second kappa shape index (κ2) is 5.87. The monoisotopic (exact) mass is 223 g/mol. The van der Waals surface area contributed by atoms with Crippen LogP contribution in [0.15, 0.2) is 18.2 Å². The lowest BCUT2D eigenvalue weighted by molar-refractivity contribution is 0.276. The van der Waals surface area contributed by atoms with Gasteiger partial charge in [0.05, 0.1) is 7.11 Å². The van der Waals surface area contributed by atoms with Gasteiger partial charge in [-0.1, -0.05) is 26.0 Å². The van der Waals surface area contributed by atoms with Crippen molar-refractivity contribution in [3.8, 4) is 5.75 Å². The first kappa shape index (κ1) is 13.0. The molecule has 0 saturated heterocycles. The summed E-state index contributed by atoms with van der Waals surface area (Å²) in [6.07, 6.45) is 0.587. The quantitative estimate of drug-likeness (QED) is 0.804. The summed E-state index contributed by atoms with van der Waals surface area (Å²) in [7, 11) is 1.68. The molecule has 0 bridgehead atoms. The van der Waals surface area contributed by atoms with E-state index in [0.29, 0.717) is 12.3 Å². The highest BCUT2D eigenvalue weighted by Crippen LogP contribution is 2.29. The number of hydrogen-bond donors (Lipinski definition) is 2. The highest BCUT2D eigenvalue weighted by atomic mass is 16.5. The number of aliphatic hydroxyl groups is 1. The number of benzene rings is 1. The van der Waals surface area contributed by atoms with Crippen molar-refractivity contribution in [3.05, 3.63) is 29.3 Å². The maximum atomic E-state index is 8.87. The van der Waals surface area contributed by atoms with Gasteiger partial charge in [-0.2, -0.15) is 0 Å². The summed E-state index contributed by atoms with van der Waals surface area (Å²) < 4.78 is 5.31. The standard InChI is InChI=1S/C13H21NO2/c1-9(2)11-8-10(12(14)6-7-15)4-5-13(11)16-3/h4-5,8-9,12,15H,6-7,14H2,1-3H3. The number of aliphatic hydroxyl groups excluding tert-OH is 1. The fourth-order valence-electron chi connectivity index (χ4n) is 1.74. The molecule has 0 aliphatic carbocycles. The number of ether oxygens (including phenoxy) is 1. The molecule has 0 aromatic heterocycles. The third-order valence-corrected chi connectivity index (χ3v) is 2.74. The second-order valence-corrected chi connectivity index (χ2v) is 4.27. The van der Waals surface area contributed by atoms with Crippen LogP contribution in [0.5, 0.6) is 5.75 Å². The molecular weight excluding hydrogens is 202 g/mol. The molecule has 0 fully saturated rings. The molecule has 1 rings (SSSR count). The smallest absolute Gasteiger partial charge is 0.122 e. The Kier molecular flexibility index (Phi) is 4.77. The Hall–Kier alpha value is -1.06. The first-order chi connectivity index (χ1) is 7.60. The molecule has 1 aromatic rings. The van der Waals surface area contributed by atoms with Gasteiger partial charge in [-0.25, -0.2) is 0 Å². The Morgan fingerprint density at radius 1 is 1.38 bits per heavy atom. The molecule has 0 radical (unpaired) electrons. The zero-order valence-electron chi connectivity index (χ0n) is 10.2. The lowest BCUT2D eigenvalue weighted by Crippen LogP contribution is -2.12. The summed E-state index contributed by atoms with van der Waals surface area (Å²) in [6, 6.07) is 5.88. The minimum Gasteiger partial charge on any atom is -0.496 e. The van der Waals surface area contributed by atoms with Crippen LogP contribution in [0, 0.1) is 0 Å². The number of hydrogen-bond acceptors (Lipinski definition) is 3. The van der Waals surface area contributed by atoms with Crippen LogP contribution in [0.3, 0.4) is 0 Å². The van der Waals surface area contributed by atoms with Crippen molar-refractivity contribution in [1.29, 1.82) is 0 Å². The van der Waals surface area contributed by atoms with Crippen LogP contribution >= 0.6 is 0 Å². The number of nitrogens with two attached hydrogens (primary N) is 1. The van der Waals surface area contributed by atoms with Crippen molar-refractivity contribution in [2.45, 2.75) is 32.2 Å². The SMILES string of the molecule is COc1ccc(C(N)CCO)cc1C(C)C. The van der Waals surface area contributed by atoms with Crippen molar-refractivity contribution in [3.63, 3.8) is 0 Å². The normalized spacial score (nSPS) is 12.9. The van der Waals surface area contributed by atoms with Gasteiger partial charge in [-0.3, -0.25) is 0 Å². The second-order valence-electron chi connectivity index (χ2n) is 4.27. The van der Waals surface area contributed by atoms with E-state index < -0.39 is 0 Å². The van der Waals surface area contributed by atoms with Crippen LogP contribution in [-0.4, -0.2) is 18.8 Å². The summed E-state index contributed by atoms with van der Waals surface area (Å²) in [5, 5.41) is 8.87. The van der Waals surface area contributed by atoms with E-state index in [1.54, 1.807) is 7.11 Å². The molecule has 3 nitrogen and oxygen atoms in total. The zero-order chi connectivity index (χ0) is 12.1. The summed E-state index contributed by atoms with van der Waals surface area (Å²) in [6.45, 7) is 4.36. The van der Waals surface area contributed by atoms with Crippen LogP contribution in [0.4, 0.5) is 0 Å². The highest BCUT2D eigenvalue weighted by molar-refractivity contribution is 5.40. The molecule has 1 aromatic carbocycles. The fourth-order valence-corrected chi connectivity index (χ4v) is 1.74. The van der Waals surface area contributed by atoms with Crippen LogP contribution < -0.4 is 10.5 Å². The van der Waals surface area contributed by atoms with Crippen LogP contribution in [0.1, 0.15) is 43.4 Å². The lowest BCUT2D eigenvalue weighted by atomic mass is 9.96. The van der Waals surface area contributed by atoms with Gasteiger partial charge in [-0.15, -0.1) is 0 Å². The Bertz CT molecular complexity index is 337. The molecule has 0 spiro atoms. The zero-order valence-corrected chi connectivity index (χ0v) is 10.2. The molecule has 1 unspecified atom stereocenters. The average molecular weight is 223 g/mol. The van der Waals surface area contributed by atoms with Gasteiger partial charge in [0.25, 0.3) is 0 Å². The Morgan fingerprint density at radius 3 is 2.56 bits per heavy atom. The number of rotatable bonds is 5. The topological polar surface area (TPSA) is 55.5 Å². The maximum absolute atomic E-state index is 8.87. The van der Waals surface area contributed by atoms with Crippen molar-refractivity contribution < 1.29 is 9.84 Å². The third kappa shape index (κ3) is 2.97. The van der Waals surface area contributed by atoms with Crippen molar-refractivity contribution in [1.82, 2.24) is 0 Å². The summed E-state index contributed by atoms with van der Waals surface area (Å²) >= 11 is 0. The van der Waals surface area contributed by atoms with Crippen molar-refractivity contribution in [2.24, 2.45) is 5.73 Å². The van der Waals surface area contributed by atoms with E-state index in [-0.39, 0.29) is 12.6 Å². The molecule has 0 aliphatic heterocycles. The molecule has 0 aliphatic rings. The van der Waals surface area contributed by atoms with E-state index in [9.17, 15) is 0 Å². The average Bonchev–Trinajstić information content (AvgIpc) is 2.28. The summed E-state index contributed by atoms with van der Waals surface area (Å²) in [5.74, 6) is 1.30. The van der Waals surface area contributed by atoms with E-state index >= 15 is 0 Å².